The zero-order valence-corrected chi connectivity index (χ0v) is 11.3. The quantitative estimate of drug-likeness (QED) is 0.908. The fourth-order valence-electron chi connectivity index (χ4n) is 2.59. The molecule has 1 saturated heterocycles. The number of nitrogens with one attached hydrogen (secondary N) is 1. The zero-order valence-electron chi connectivity index (χ0n) is 11.3. The molecule has 2 aromatic rings. The van der Waals surface area contributed by atoms with Crippen LogP contribution in [0.5, 0.6) is 0 Å². The molecule has 2 unspecified atom stereocenters. The summed E-state index contributed by atoms with van der Waals surface area (Å²) in [4.78, 5) is 0. The van der Waals surface area contributed by atoms with Crippen LogP contribution >= 0.6 is 0 Å². The summed E-state index contributed by atoms with van der Waals surface area (Å²) in [5.41, 5.74) is 2.36. The van der Waals surface area contributed by atoms with Crippen molar-refractivity contribution in [1.82, 2.24) is 4.57 Å². The minimum atomic E-state index is 0.447. The van der Waals surface area contributed by atoms with Crippen molar-refractivity contribution in [2.24, 2.45) is 5.92 Å². The lowest BCUT2D eigenvalue weighted by molar-refractivity contribution is 0.183. The van der Waals surface area contributed by atoms with Gasteiger partial charge in [0.25, 0.3) is 0 Å². The van der Waals surface area contributed by atoms with Crippen LogP contribution in [0.1, 0.15) is 13.3 Å². The SMILES string of the molecule is CC(Nc1cccc(-n2cccc2)c1)C1CCOC1. The molecule has 0 spiro atoms. The van der Waals surface area contributed by atoms with Gasteiger partial charge in [0.05, 0.1) is 6.61 Å². The minimum Gasteiger partial charge on any atom is -0.382 e. The number of nitrogens with zero attached hydrogens (tertiary/aromatic N) is 1. The Kier molecular flexibility index (Phi) is 3.56. The van der Waals surface area contributed by atoms with E-state index >= 15 is 0 Å². The van der Waals surface area contributed by atoms with Gasteiger partial charge < -0.3 is 14.6 Å². The summed E-state index contributed by atoms with van der Waals surface area (Å²) < 4.78 is 7.57. The van der Waals surface area contributed by atoms with Crippen LogP contribution in [0.15, 0.2) is 48.8 Å². The van der Waals surface area contributed by atoms with Gasteiger partial charge in [0.15, 0.2) is 0 Å². The molecule has 0 radical (unpaired) electrons. The number of aromatic nitrogens is 1. The lowest BCUT2D eigenvalue weighted by atomic mass is 10.0. The summed E-state index contributed by atoms with van der Waals surface area (Å²) in [6.45, 7) is 4.02. The summed E-state index contributed by atoms with van der Waals surface area (Å²) in [7, 11) is 0. The molecule has 0 bridgehead atoms. The van der Waals surface area contributed by atoms with E-state index in [2.05, 4.69) is 53.5 Å². The maximum Gasteiger partial charge on any atom is 0.0514 e. The Bertz CT molecular complexity index is 515. The molecule has 3 heteroatoms. The Morgan fingerprint density at radius 3 is 2.84 bits per heavy atom. The van der Waals surface area contributed by atoms with E-state index in [4.69, 9.17) is 4.74 Å². The Morgan fingerprint density at radius 1 is 1.26 bits per heavy atom. The van der Waals surface area contributed by atoms with Crippen LogP contribution in [-0.2, 0) is 4.74 Å². The van der Waals surface area contributed by atoms with Crippen LogP contribution in [0.4, 0.5) is 5.69 Å². The molecule has 0 saturated carbocycles. The van der Waals surface area contributed by atoms with E-state index in [0.29, 0.717) is 12.0 Å². The predicted molar refractivity (Wildman–Crippen MR) is 77.8 cm³/mol. The standard InChI is InChI=1S/C16H20N2O/c1-13(14-7-10-19-12-14)17-15-5-4-6-16(11-15)18-8-2-3-9-18/h2-6,8-9,11,13-14,17H,7,10,12H2,1H3. The second kappa shape index (κ2) is 5.49. The highest BCUT2D eigenvalue weighted by Crippen LogP contribution is 2.21. The maximum absolute atomic E-state index is 5.45. The first-order valence-electron chi connectivity index (χ1n) is 6.90. The van der Waals surface area contributed by atoms with Crippen molar-refractivity contribution < 1.29 is 4.74 Å². The van der Waals surface area contributed by atoms with Crippen molar-refractivity contribution in [1.29, 1.82) is 0 Å². The molecular weight excluding hydrogens is 236 g/mol. The molecule has 1 N–H and O–H groups in total. The molecule has 0 aliphatic carbocycles. The molecule has 3 nitrogen and oxygen atoms in total. The third kappa shape index (κ3) is 2.82. The van der Waals surface area contributed by atoms with Crippen molar-refractivity contribution in [2.45, 2.75) is 19.4 Å². The van der Waals surface area contributed by atoms with E-state index in [9.17, 15) is 0 Å². The van der Waals surface area contributed by atoms with Crippen LogP contribution in [0.25, 0.3) is 5.69 Å². The fraction of sp³-hybridized carbons (Fsp3) is 0.375. The molecule has 2 atom stereocenters. The normalized spacial score (nSPS) is 20.4. The molecule has 19 heavy (non-hydrogen) atoms. The van der Waals surface area contributed by atoms with Crippen LogP contribution < -0.4 is 5.32 Å². The summed E-state index contributed by atoms with van der Waals surface area (Å²) in [6, 6.07) is 13.1. The van der Waals surface area contributed by atoms with E-state index in [1.807, 2.05) is 12.1 Å². The average molecular weight is 256 g/mol. The van der Waals surface area contributed by atoms with Gasteiger partial charge in [-0.2, -0.15) is 0 Å². The number of benzene rings is 1. The number of hydrogen-bond donors (Lipinski definition) is 1. The van der Waals surface area contributed by atoms with Crippen LogP contribution in [-0.4, -0.2) is 23.8 Å². The van der Waals surface area contributed by atoms with E-state index in [1.165, 1.54) is 11.4 Å². The van der Waals surface area contributed by atoms with Crippen molar-refractivity contribution in [3.05, 3.63) is 48.8 Å². The Balaban J connectivity index is 1.72. The number of ether oxygens (including phenoxy) is 1. The molecule has 1 fully saturated rings. The van der Waals surface area contributed by atoms with Crippen molar-refractivity contribution in [3.63, 3.8) is 0 Å². The lowest BCUT2D eigenvalue weighted by Gasteiger charge is -2.21. The van der Waals surface area contributed by atoms with Gasteiger partial charge in [-0.15, -0.1) is 0 Å². The summed E-state index contributed by atoms with van der Waals surface area (Å²) >= 11 is 0. The topological polar surface area (TPSA) is 26.2 Å². The van der Waals surface area contributed by atoms with E-state index < -0.39 is 0 Å². The van der Waals surface area contributed by atoms with Gasteiger partial charge in [0.1, 0.15) is 0 Å². The zero-order chi connectivity index (χ0) is 13.1. The molecule has 3 rings (SSSR count). The van der Waals surface area contributed by atoms with Crippen molar-refractivity contribution in [2.75, 3.05) is 18.5 Å². The third-order valence-corrected chi connectivity index (χ3v) is 3.82. The molecule has 2 heterocycles. The second-order valence-electron chi connectivity index (χ2n) is 5.20. The highest BCUT2D eigenvalue weighted by molar-refractivity contribution is 5.51. The monoisotopic (exact) mass is 256 g/mol. The smallest absolute Gasteiger partial charge is 0.0514 e. The molecule has 1 aliphatic heterocycles. The number of rotatable bonds is 4. The summed E-state index contributed by atoms with van der Waals surface area (Å²) in [5, 5.41) is 3.59. The highest BCUT2D eigenvalue weighted by Gasteiger charge is 2.22. The Morgan fingerprint density at radius 2 is 2.11 bits per heavy atom. The first-order chi connectivity index (χ1) is 9.33. The van der Waals surface area contributed by atoms with E-state index in [1.54, 1.807) is 0 Å². The van der Waals surface area contributed by atoms with Gasteiger partial charge in [0, 0.05) is 42.3 Å². The largest absolute Gasteiger partial charge is 0.382 e. The summed E-state index contributed by atoms with van der Waals surface area (Å²) in [6.07, 6.45) is 5.28. The lowest BCUT2D eigenvalue weighted by Crippen LogP contribution is -2.26. The first kappa shape index (κ1) is 12.3. The number of hydrogen-bond acceptors (Lipinski definition) is 2. The van der Waals surface area contributed by atoms with Gasteiger partial charge in [0.2, 0.25) is 0 Å². The first-order valence-corrected chi connectivity index (χ1v) is 6.90. The van der Waals surface area contributed by atoms with Gasteiger partial charge >= 0.3 is 0 Å². The molecule has 1 aromatic heterocycles. The Labute approximate surface area is 114 Å². The molecule has 1 aromatic carbocycles. The van der Waals surface area contributed by atoms with Crippen LogP contribution in [0.2, 0.25) is 0 Å². The van der Waals surface area contributed by atoms with Crippen molar-refractivity contribution in [3.8, 4) is 5.69 Å². The molecule has 0 amide bonds. The minimum absolute atomic E-state index is 0.447. The average Bonchev–Trinajstić information content (AvgIpc) is 3.13. The maximum atomic E-state index is 5.45. The number of anilines is 1. The molecule has 100 valence electrons. The van der Waals surface area contributed by atoms with Gasteiger partial charge in [-0.1, -0.05) is 6.07 Å². The Hall–Kier alpha value is -1.74. The van der Waals surface area contributed by atoms with Gasteiger partial charge in [-0.05, 0) is 43.7 Å². The summed E-state index contributed by atoms with van der Waals surface area (Å²) in [5.74, 6) is 0.621. The van der Waals surface area contributed by atoms with E-state index in [0.717, 1.165) is 19.6 Å². The fourth-order valence-corrected chi connectivity index (χ4v) is 2.59. The van der Waals surface area contributed by atoms with Crippen molar-refractivity contribution >= 4 is 5.69 Å². The molecular formula is C16H20N2O. The highest BCUT2D eigenvalue weighted by atomic mass is 16.5. The van der Waals surface area contributed by atoms with Gasteiger partial charge in [-0.3, -0.25) is 0 Å². The molecule has 1 aliphatic rings. The predicted octanol–water partition coefficient (Wildman–Crippen LogP) is 3.31. The second-order valence-corrected chi connectivity index (χ2v) is 5.20. The van der Waals surface area contributed by atoms with E-state index in [-0.39, 0.29) is 0 Å². The third-order valence-electron chi connectivity index (χ3n) is 3.82. The van der Waals surface area contributed by atoms with Crippen LogP contribution in [0.3, 0.4) is 0 Å². The van der Waals surface area contributed by atoms with Crippen LogP contribution in [0, 0.1) is 5.92 Å². The van der Waals surface area contributed by atoms with Gasteiger partial charge in [-0.25, -0.2) is 0 Å².